The smallest absolute Gasteiger partial charge is 0.192 e. The summed E-state index contributed by atoms with van der Waals surface area (Å²) >= 11 is 0. The van der Waals surface area contributed by atoms with Crippen LogP contribution in [0.5, 0.6) is 0 Å². The van der Waals surface area contributed by atoms with Crippen LogP contribution in [0.4, 0.5) is 0 Å². The van der Waals surface area contributed by atoms with Gasteiger partial charge in [0.1, 0.15) is 0 Å². The van der Waals surface area contributed by atoms with E-state index in [1.807, 2.05) is 0 Å². The lowest BCUT2D eigenvalue weighted by Crippen LogP contribution is -2.20. The van der Waals surface area contributed by atoms with Crippen LogP contribution in [0.1, 0.15) is 42.7 Å². The van der Waals surface area contributed by atoms with Crippen molar-refractivity contribution in [2.24, 2.45) is 32.3 Å². The maximum absolute atomic E-state index is 5.65. The average molecular weight is 257 g/mol. The molecule has 0 radical (unpaired) electrons. The van der Waals surface area contributed by atoms with E-state index in [1.165, 1.54) is 31.2 Å². The fourth-order valence-corrected chi connectivity index (χ4v) is 3.20. The molecule has 5 nitrogen and oxygen atoms in total. The van der Waals surface area contributed by atoms with Gasteiger partial charge in [-0.05, 0) is 40.3 Å². The molecule has 2 N–H and O–H groups in total. The Hall–Kier alpha value is -1.62. The lowest BCUT2D eigenvalue weighted by molar-refractivity contribution is 0.378. The van der Waals surface area contributed by atoms with Crippen molar-refractivity contribution in [2.75, 3.05) is 0 Å². The number of nitrogens with two attached hydrogens (primary N) is 1. The van der Waals surface area contributed by atoms with E-state index in [9.17, 15) is 0 Å². The molecule has 3 rings (SSSR count). The molecule has 0 saturated heterocycles. The zero-order chi connectivity index (χ0) is 13.1. The van der Waals surface area contributed by atoms with Gasteiger partial charge in [-0.15, -0.1) is 10.2 Å². The monoisotopic (exact) mass is 257 g/mol. The standard InChI is InChI=1S/C14H19N5/c15-9-10-5-7-12(8-6-10)13(11-3-1-2-4-11)14-16-18-19-17-14/h5-8,11,13-14H,1-4,9,15H2. The predicted octanol–water partition coefficient (Wildman–Crippen LogP) is 3.58. The van der Waals surface area contributed by atoms with Crippen molar-refractivity contribution < 1.29 is 0 Å². The summed E-state index contributed by atoms with van der Waals surface area (Å²) in [6, 6.07) is 8.52. The van der Waals surface area contributed by atoms with E-state index in [0.29, 0.717) is 18.4 Å². The van der Waals surface area contributed by atoms with Crippen LogP contribution >= 0.6 is 0 Å². The van der Waals surface area contributed by atoms with Crippen LogP contribution < -0.4 is 5.73 Å². The van der Waals surface area contributed by atoms with E-state index in [1.54, 1.807) is 0 Å². The van der Waals surface area contributed by atoms with Crippen LogP contribution in [0.3, 0.4) is 0 Å². The van der Waals surface area contributed by atoms with Crippen molar-refractivity contribution in [3.63, 3.8) is 0 Å². The van der Waals surface area contributed by atoms with Gasteiger partial charge in [0.05, 0.1) is 0 Å². The highest BCUT2D eigenvalue weighted by Crippen LogP contribution is 2.41. The second-order valence-electron chi connectivity index (χ2n) is 5.34. The van der Waals surface area contributed by atoms with Crippen molar-refractivity contribution in [3.8, 4) is 0 Å². The SMILES string of the molecule is NCc1ccc(C(C2CCCC2)C2N=NN=N2)cc1. The first-order valence-corrected chi connectivity index (χ1v) is 6.97. The van der Waals surface area contributed by atoms with Crippen molar-refractivity contribution >= 4 is 0 Å². The van der Waals surface area contributed by atoms with Gasteiger partial charge < -0.3 is 5.73 Å². The second kappa shape index (κ2) is 5.57. The summed E-state index contributed by atoms with van der Waals surface area (Å²) in [6.45, 7) is 0.581. The Labute approximate surface area is 113 Å². The molecule has 0 bridgehead atoms. The Morgan fingerprint density at radius 1 is 1.05 bits per heavy atom. The van der Waals surface area contributed by atoms with Gasteiger partial charge in [-0.2, -0.15) is 0 Å². The van der Waals surface area contributed by atoms with Crippen molar-refractivity contribution in [2.45, 2.75) is 44.3 Å². The van der Waals surface area contributed by atoms with E-state index >= 15 is 0 Å². The van der Waals surface area contributed by atoms with Crippen LogP contribution in [-0.2, 0) is 6.54 Å². The number of nitrogens with zero attached hydrogens (tertiary/aromatic N) is 4. The van der Waals surface area contributed by atoms with Crippen molar-refractivity contribution in [3.05, 3.63) is 35.4 Å². The van der Waals surface area contributed by atoms with Gasteiger partial charge in [0, 0.05) is 12.5 Å². The fraction of sp³-hybridized carbons (Fsp3) is 0.571. The third kappa shape index (κ3) is 2.56. The van der Waals surface area contributed by atoms with Gasteiger partial charge >= 0.3 is 0 Å². The first-order chi connectivity index (χ1) is 9.38. The number of hydrogen-bond donors (Lipinski definition) is 1. The molecule has 1 saturated carbocycles. The minimum Gasteiger partial charge on any atom is -0.326 e. The van der Waals surface area contributed by atoms with Crippen LogP contribution in [0.25, 0.3) is 0 Å². The summed E-state index contributed by atoms with van der Waals surface area (Å²) in [6.07, 6.45) is 4.99. The topological polar surface area (TPSA) is 75.5 Å². The summed E-state index contributed by atoms with van der Waals surface area (Å²) in [7, 11) is 0. The molecule has 19 heavy (non-hydrogen) atoms. The molecule has 1 aliphatic carbocycles. The van der Waals surface area contributed by atoms with Gasteiger partial charge in [-0.1, -0.05) is 37.1 Å². The molecule has 0 amide bonds. The summed E-state index contributed by atoms with van der Waals surface area (Å²) in [5.41, 5.74) is 8.10. The van der Waals surface area contributed by atoms with E-state index in [4.69, 9.17) is 5.73 Å². The fourth-order valence-electron chi connectivity index (χ4n) is 3.20. The Bertz CT molecular complexity index is 461. The van der Waals surface area contributed by atoms with Gasteiger partial charge in [-0.3, -0.25) is 0 Å². The number of hydrogen-bond acceptors (Lipinski definition) is 5. The number of rotatable bonds is 4. The summed E-state index contributed by atoms with van der Waals surface area (Å²) in [5.74, 6) is 0.953. The molecule has 100 valence electrons. The largest absolute Gasteiger partial charge is 0.326 e. The number of benzene rings is 1. The normalized spacial score (nSPS) is 21.3. The summed E-state index contributed by atoms with van der Waals surface area (Å²) < 4.78 is 0. The molecule has 5 heteroatoms. The maximum atomic E-state index is 5.65. The Kier molecular flexibility index (Phi) is 3.64. The molecule has 1 heterocycles. The molecule has 1 aromatic carbocycles. The van der Waals surface area contributed by atoms with Crippen molar-refractivity contribution in [1.29, 1.82) is 0 Å². The third-order valence-corrected chi connectivity index (χ3v) is 4.21. The molecule has 1 unspecified atom stereocenters. The van der Waals surface area contributed by atoms with E-state index in [-0.39, 0.29) is 6.17 Å². The highest BCUT2D eigenvalue weighted by Gasteiger charge is 2.34. The molecule has 1 atom stereocenters. The van der Waals surface area contributed by atoms with E-state index in [2.05, 4.69) is 44.9 Å². The first kappa shape index (κ1) is 12.4. The third-order valence-electron chi connectivity index (χ3n) is 4.21. The lowest BCUT2D eigenvalue weighted by atomic mass is 9.82. The second-order valence-corrected chi connectivity index (χ2v) is 5.34. The van der Waals surface area contributed by atoms with Crippen LogP contribution in [0.2, 0.25) is 0 Å². The zero-order valence-electron chi connectivity index (χ0n) is 10.9. The molecular formula is C14H19N5. The molecule has 2 aliphatic rings. The van der Waals surface area contributed by atoms with Gasteiger partial charge in [-0.25, -0.2) is 0 Å². The van der Waals surface area contributed by atoms with Gasteiger partial charge in [0.15, 0.2) is 6.17 Å². The van der Waals surface area contributed by atoms with Gasteiger partial charge in [0.25, 0.3) is 0 Å². The minimum atomic E-state index is -0.133. The minimum absolute atomic E-state index is 0.133. The van der Waals surface area contributed by atoms with Crippen LogP contribution in [-0.4, -0.2) is 6.17 Å². The first-order valence-electron chi connectivity index (χ1n) is 6.97. The van der Waals surface area contributed by atoms with E-state index < -0.39 is 0 Å². The molecule has 1 fully saturated rings. The Balaban J connectivity index is 1.88. The lowest BCUT2D eigenvalue weighted by Gasteiger charge is -2.24. The molecular weight excluding hydrogens is 238 g/mol. The Morgan fingerprint density at radius 3 is 2.26 bits per heavy atom. The summed E-state index contributed by atoms with van der Waals surface area (Å²) in [5, 5.41) is 15.7. The van der Waals surface area contributed by atoms with Crippen LogP contribution in [0, 0.1) is 5.92 Å². The molecule has 0 aromatic heterocycles. The predicted molar refractivity (Wildman–Crippen MR) is 72.5 cm³/mol. The Morgan fingerprint density at radius 2 is 1.68 bits per heavy atom. The van der Waals surface area contributed by atoms with Crippen LogP contribution in [0.15, 0.2) is 44.9 Å². The highest BCUT2D eigenvalue weighted by atomic mass is 15.6. The molecule has 0 spiro atoms. The molecule has 1 aliphatic heterocycles. The van der Waals surface area contributed by atoms with Gasteiger partial charge in [0.2, 0.25) is 0 Å². The highest BCUT2D eigenvalue weighted by molar-refractivity contribution is 5.27. The van der Waals surface area contributed by atoms with Crippen molar-refractivity contribution in [1.82, 2.24) is 0 Å². The average Bonchev–Trinajstić information content (AvgIpc) is 3.13. The maximum Gasteiger partial charge on any atom is 0.192 e. The summed E-state index contributed by atoms with van der Waals surface area (Å²) in [4.78, 5) is 0. The zero-order valence-corrected chi connectivity index (χ0v) is 10.9. The quantitative estimate of drug-likeness (QED) is 0.879. The van der Waals surface area contributed by atoms with E-state index in [0.717, 1.165) is 5.56 Å². The molecule has 1 aromatic rings.